The first-order valence-electron chi connectivity index (χ1n) is 11.8. The highest BCUT2D eigenvalue weighted by molar-refractivity contribution is 5.88. The van der Waals surface area contributed by atoms with Gasteiger partial charge in [0.2, 0.25) is 0 Å². The Balaban J connectivity index is 1.64. The number of rotatable bonds is 7. The molecule has 4 rings (SSSR count). The van der Waals surface area contributed by atoms with Crippen molar-refractivity contribution in [3.05, 3.63) is 45.7 Å². The van der Waals surface area contributed by atoms with Gasteiger partial charge in [-0.3, -0.25) is 9.69 Å². The van der Waals surface area contributed by atoms with Crippen molar-refractivity contribution < 1.29 is 24.1 Å². The van der Waals surface area contributed by atoms with Crippen LogP contribution in [0.4, 0.5) is 0 Å². The maximum absolute atomic E-state index is 12.6. The molecule has 0 saturated carbocycles. The van der Waals surface area contributed by atoms with Crippen LogP contribution in [0.2, 0.25) is 0 Å². The Hall–Kier alpha value is -2.84. The quantitative estimate of drug-likeness (QED) is 0.620. The van der Waals surface area contributed by atoms with Crippen molar-refractivity contribution in [3.63, 3.8) is 0 Å². The Morgan fingerprint density at radius 2 is 1.91 bits per heavy atom. The predicted molar refractivity (Wildman–Crippen MR) is 129 cm³/mol. The Morgan fingerprint density at radius 3 is 2.56 bits per heavy atom. The second-order valence-corrected chi connectivity index (χ2v) is 10.1. The molecule has 1 atom stereocenters. The van der Waals surface area contributed by atoms with E-state index in [4.69, 9.17) is 14.2 Å². The van der Waals surface area contributed by atoms with Gasteiger partial charge < -0.3 is 23.9 Å². The first-order valence-corrected chi connectivity index (χ1v) is 11.8. The number of hydrogen-bond acceptors (Lipinski definition) is 6. The molecule has 1 saturated heterocycles. The molecule has 0 bridgehead atoms. The largest absolute Gasteiger partial charge is 0.493 e. The van der Waals surface area contributed by atoms with Gasteiger partial charge in [-0.15, -0.1) is 0 Å². The van der Waals surface area contributed by atoms with E-state index in [2.05, 4.69) is 25.7 Å². The van der Waals surface area contributed by atoms with E-state index in [1.54, 1.807) is 7.11 Å². The molecule has 1 unspecified atom stereocenters. The van der Waals surface area contributed by atoms with E-state index in [0.29, 0.717) is 30.2 Å². The molecule has 8 nitrogen and oxygen atoms in total. The lowest BCUT2D eigenvalue weighted by Crippen LogP contribution is -2.37. The molecule has 3 heterocycles. The molecule has 2 aliphatic rings. The summed E-state index contributed by atoms with van der Waals surface area (Å²) in [4.78, 5) is 26.6. The van der Waals surface area contributed by atoms with Gasteiger partial charge in [0, 0.05) is 43.5 Å². The Bertz CT molecular complexity index is 1110. The minimum absolute atomic E-state index is 0.0173. The number of morpholine rings is 1. The maximum atomic E-state index is 12.6. The smallest absolute Gasteiger partial charge is 0.341 e. The highest BCUT2D eigenvalue weighted by atomic mass is 16.5. The summed E-state index contributed by atoms with van der Waals surface area (Å²) in [6.45, 7) is 11.4. The van der Waals surface area contributed by atoms with E-state index < -0.39 is 11.4 Å². The van der Waals surface area contributed by atoms with Gasteiger partial charge in [0.25, 0.3) is 0 Å². The van der Waals surface area contributed by atoms with Gasteiger partial charge in [0.05, 0.1) is 32.6 Å². The normalized spacial score (nSPS) is 18.2. The third kappa shape index (κ3) is 4.98. The minimum atomic E-state index is -1.21. The topological polar surface area (TPSA) is 90.2 Å². The lowest BCUT2D eigenvalue weighted by Gasteiger charge is -2.39. The summed E-state index contributed by atoms with van der Waals surface area (Å²) in [5.74, 6) is 0.0756. The van der Waals surface area contributed by atoms with E-state index in [1.165, 1.54) is 12.3 Å². The lowest BCUT2D eigenvalue weighted by molar-refractivity contribution is 0.0357. The fourth-order valence-corrected chi connectivity index (χ4v) is 4.79. The molecule has 2 aromatic rings. The molecule has 8 heteroatoms. The molecule has 184 valence electrons. The van der Waals surface area contributed by atoms with Crippen LogP contribution in [0.5, 0.6) is 11.5 Å². The number of fused-ring (bicyclic) bond motifs is 3. The van der Waals surface area contributed by atoms with Gasteiger partial charge in [-0.2, -0.15) is 0 Å². The van der Waals surface area contributed by atoms with Crippen molar-refractivity contribution in [1.29, 1.82) is 0 Å². The highest BCUT2D eigenvalue weighted by Gasteiger charge is 2.34. The summed E-state index contributed by atoms with van der Waals surface area (Å²) >= 11 is 0. The average Bonchev–Trinajstić information content (AvgIpc) is 2.80. The van der Waals surface area contributed by atoms with Crippen LogP contribution in [0, 0.1) is 5.41 Å². The van der Waals surface area contributed by atoms with Crippen molar-refractivity contribution in [2.75, 3.05) is 46.6 Å². The first-order chi connectivity index (χ1) is 16.2. The summed E-state index contributed by atoms with van der Waals surface area (Å²) < 4.78 is 19.1. The number of pyridine rings is 1. The molecule has 1 fully saturated rings. The molecule has 1 aromatic heterocycles. The number of aromatic nitrogens is 1. The molecule has 1 aromatic carbocycles. The van der Waals surface area contributed by atoms with E-state index in [0.717, 1.165) is 50.4 Å². The molecule has 34 heavy (non-hydrogen) atoms. The fourth-order valence-electron chi connectivity index (χ4n) is 4.79. The van der Waals surface area contributed by atoms with E-state index in [9.17, 15) is 14.7 Å². The summed E-state index contributed by atoms with van der Waals surface area (Å²) in [6, 6.07) is 5.33. The van der Waals surface area contributed by atoms with Gasteiger partial charge in [-0.05, 0) is 36.0 Å². The number of nitrogens with zero attached hydrogens (tertiary/aromatic N) is 2. The SMILES string of the molecule is COc1cc2c(cc1OCCCN1CCOCC1)CC(C(C)(C)C)n1cc(C(=O)O)c(=O)cc1-2. The van der Waals surface area contributed by atoms with Crippen molar-refractivity contribution >= 4 is 5.97 Å². The zero-order valence-electron chi connectivity index (χ0n) is 20.4. The number of ether oxygens (including phenoxy) is 3. The predicted octanol–water partition coefficient (Wildman–Crippen LogP) is 3.47. The van der Waals surface area contributed by atoms with Crippen LogP contribution in [0.25, 0.3) is 11.3 Å². The van der Waals surface area contributed by atoms with E-state index >= 15 is 0 Å². The molecule has 2 aliphatic heterocycles. The van der Waals surface area contributed by atoms with E-state index in [1.807, 2.05) is 16.7 Å². The van der Waals surface area contributed by atoms with Gasteiger partial charge in [0.15, 0.2) is 16.9 Å². The van der Waals surface area contributed by atoms with Crippen LogP contribution in [0.1, 0.15) is 49.2 Å². The number of benzene rings is 1. The molecule has 0 amide bonds. The second-order valence-electron chi connectivity index (χ2n) is 10.1. The van der Waals surface area contributed by atoms with Crippen molar-refractivity contribution in [2.45, 2.75) is 39.7 Å². The Kier molecular flexibility index (Phi) is 7.00. The van der Waals surface area contributed by atoms with Gasteiger partial charge in [0.1, 0.15) is 5.56 Å². The highest BCUT2D eigenvalue weighted by Crippen LogP contribution is 2.45. The van der Waals surface area contributed by atoms with Crippen molar-refractivity contribution in [1.82, 2.24) is 9.47 Å². The number of carboxylic acid groups (broad SMARTS) is 1. The Morgan fingerprint density at radius 1 is 1.18 bits per heavy atom. The van der Waals surface area contributed by atoms with Crippen LogP contribution in [-0.4, -0.2) is 67.1 Å². The average molecular weight is 471 g/mol. The third-order valence-corrected chi connectivity index (χ3v) is 6.70. The molecule has 0 aliphatic carbocycles. The fraction of sp³-hybridized carbons (Fsp3) is 0.538. The second kappa shape index (κ2) is 9.80. The summed E-state index contributed by atoms with van der Waals surface area (Å²) in [7, 11) is 1.60. The summed E-state index contributed by atoms with van der Waals surface area (Å²) in [5.41, 5.74) is 1.76. The molecule has 0 radical (unpaired) electrons. The maximum Gasteiger partial charge on any atom is 0.341 e. The van der Waals surface area contributed by atoms with Crippen molar-refractivity contribution in [3.8, 4) is 22.8 Å². The van der Waals surface area contributed by atoms with Gasteiger partial charge in [-0.1, -0.05) is 20.8 Å². The molecule has 1 N–H and O–H groups in total. The van der Waals surface area contributed by atoms with Crippen LogP contribution >= 0.6 is 0 Å². The van der Waals surface area contributed by atoms with E-state index in [-0.39, 0.29) is 17.0 Å². The summed E-state index contributed by atoms with van der Waals surface area (Å²) in [6.07, 6.45) is 3.09. The Labute approximate surface area is 200 Å². The molecule has 0 spiro atoms. The number of carbonyl (C=O) groups is 1. The zero-order chi connectivity index (χ0) is 24.5. The van der Waals surface area contributed by atoms with Crippen LogP contribution in [0.3, 0.4) is 0 Å². The van der Waals surface area contributed by atoms with Gasteiger partial charge in [-0.25, -0.2) is 4.79 Å². The van der Waals surface area contributed by atoms with Crippen molar-refractivity contribution in [2.24, 2.45) is 5.41 Å². The number of carboxylic acids is 1. The molecular weight excluding hydrogens is 436 g/mol. The standard InChI is InChI=1S/C26H34N2O6/c1-26(2,3)24-13-17-12-23(34-9-5-6-27-7-10-33-11-8-27)22(32-4)14-18(17)20-15-21(29)19(25(30)31)16-28(20)24/h12,14-16,24H,5-11,13H2,1-4H3,(H,30,31). The number of hydrogen-bond donors (Lipinski definition) is 1. The van der Waals surface area contributed by atoms with Crippen LogP contribution in [0.15, 0.2) is 29.2 Å². The third-order valence-electron chi connectivity index (χ3n) is 6.70. The molecular formula is C26H34N2O6. The van der Waals surface area contributed by atoms with Gasteiger partial charge >= 0.3 is 5.97 Å². The van der Waals surface area contributed by atoms with Crippen LogP contribution < -0.4 is 14.9 Å². The lowest BCUT2D eigenvalue weighted by atomic mass is 9.78. The summed E-state index contributed by atoms with van der Waals surface area (Å²) in [5, 5.41) is 9.50. The minimum Gasteiger partial charge on any atom is -0.493 e. The number of methoxy groups -OCH3 is 1. The number of aromatic carboxylic acids is 1. The monoisotopic (exact) mass is 470 g/mol. The first kappa shape index (κ1) is 24.3. The zero-order valence-corrected chi connectivity index (χ0v) is 20.4. The van der Waals surface area contributed by atoms with Crippen LogP contribution in [-0.2, 0) is 11.2 Å².